The van der Waals surface area contributed by atoms with Gasteiger partial charge in [0.1, 0.15) is 0 Å². The Morgan fingerprint density at radius 2 is 1.75 bits per heavy atom. The van der Waals surface area contributed by atoms with Crippen LogP contribution in [0.25, 0.3) is 6.08 Å². The second kappa shape index (κ2) is 8.36. The number of nitrogens with zero attached hydrogens (tertiary/aromatic N) is 2. The van der Waals surface area contributed by atoms with E-state index < -0.39 is 12.0 Å². The number of carbonyl (C=O) groups excluding carboxylic acids is 1. The molecule has 0 N–H and O–H groups in total. The molecule has 0 saturated carbocycles. The third-order valence-electron chi connectivity index (χ3n) is 5.62. The molecule has 3 aromatic rings. The second-order valence-electron chi connectivity index (χ2n) is 8.86. The number of benzene rings is 2. The lowest BCUT2D eigenvalue weighted by Crippen LogP contribution is -2.39. The first-order chi connectivity index (χ1) is 15.2. The first-order valence-electron chi connectivity index (χ1n) is 10.5. The molecule has 4 rings (SSSR count). The molecule has 164 valence electrons. The number of rotatable bonds is 3. The molecule has 0 amide bonds. The van der Waals surface area contributed by atoms with Gasteiger partial charge in [-0.15, -0.1) is 0 Å². The van der Waals surface area contributed by atoms with Crippen LogP contribution in [0.3, 0.4) is 0 Å². The van der Waals surface area contributed by atoms with Crippen molar-refractivity contribution in [2.45, 2.75) is 39.2 Å². The number of allylic oxidation sites excluding steroid dienone is 1. The average molecular weight is 447 g/mol. The predicted molar refractivity (Wildman–Crippen MR) is 127 cm³/mol. The van der Waals surface area contributed by atoms with E-state index in [4.69, 9.17) is 4.74 Å². The Kier molecular flexibility index (Phi) is 5.73. The molecule has 1 aliphatic rings. The molecule has 1 aliphatic heterocycles. The topological polar surface area (TPSA) is 60.7 Å². The molecule has 5 nitrogen and oxygen atoms in total. The Morgan fingerprint density at radius 3 is 2.34 bits per heavy atom. The van der Waals surface area contributed by atoms with E-state index >= 15 is 0 Å². The lowest BCUT2D eigenvalue weighted by atomic mass is 9.87. The minimum atomic E-state index is -0.578. The number of thiazole rings is 1. The maximum atomic E-state index is 13.5. The minimum Gasteiger partial charge on any atom is -0.466 e. The van der Waals surface area contributed by atoms with Crippen LogP contribution in [0.2, 0.25) is 0 Å². The standard InChI is InChI=1S/C26H26N2O3S/c1-16-21(24(30)31-5)22(18-9-7-6-8-10-18)28-23(29)20(32-25(28)27-16)15-17-11-13-19(14-12-17)26(2,3)4/h6-15,22H,1-5H3/b20-15-/t22-/m1/s1. The van der Waals surface area contributed by atoms with Crippen molar-refractivity contribution in [2.24, 2.45) is 4.99 Å². The van der Waals surface area contributed by atoms with Crippen molar-refractivity contribution < 1.29 is 9.53 Å². The summed E-state index contributed by atoms with van der Waals surface area (Å²) in [5, 5.41) is 0. The Hall–Kier alpha value is -3.25. The number of hydrogen-bond donors (Lipinski definition) is 0. The molecule has 2 heterocycles. The largest absolute Gasteiger partial charge is 0.466 e. The normalized spacial score (nSPS) is 16.5. The van der Waals surface area contributed by atoms with Gasteiger partial charge in [0.05, 0.1) is 29.0 Å². The number of fused-ring (bicyclic) bond motifs is 1. The van der Waals surface area contributed by atoms with Crippen molar-refractivity contribution in [2.75, 3.05) is 7.11 Å². The molecule has 1 atom stereocenters. The zero-order chi connectivity index (χ0) is 23.0. The van der Waals surface area contributed by atoms with E-state index in [0.717, 1.165) is 11.1 Å². The lowest BCUT2D eigenvalue weighted by molar-refractivity contribution is -0.136. The van der Waals surface area contributed by atoms with E-state index in [1.54, 1.807) is 11.5 Å². The van der Waals surface area contributed by atoms with Gasteiger partial charge in [0.2, 0.25) is 0 Å². The molecule has 1 aromatic heterocycles. The third-order valence-corrected chi connectivity index (χ3v) is 6.60. The highest BCUT2D eigenvalue weighted by molar-refractivity contribution is 7.07. The van der Waals surface area contributed by atoms with Gasteiger partial charge in [-0.25, -0.2) is 9.79 Å². The highest BCUT2D eigenvalue weighted by Gasteiger charge is 2.32. The van der Waals surface area contributed by atoms with Crippen LogP contribution in [0.15, 0.2) is 75.7 Å². The molecular formula is C26H26N2O3S. The van der Waals surface area contributed by atoms with E-state index in [1.165, 1.54) is 24.0 Å². The molecule has 0 fully saturated rings. The fourth-order valence-corrected chi connectivity index (χ4v) is 4.92. The molecule has 0 saturated heterocycles. The highest BCUT2D eigenvalue weighted by Crippen LogP contribution is 2.30. The van der Waals surface area contributed by atoms with E-state index in [1.807, 2.05) is 48.5 Å². The van der Waals surface area contributed by atoms with Crippen molar-refractivity contribution in [3.05, 3.63) is 102 Å². The van der Waals surface area contributed by atoms with Gasteiger partial charge in [-0.1, -0.05) is 86.7 Å². The van der Waals surface area contributed by atoms with E-state index in [-0.39, 0.29) is 11.0 Å². The quantitative estimate of drug-likeness (QED) is 0.577. The number of methoxy groups -OCH3 is 1. The monoisotopic (exact) mass is 446 g/mol. The van der Waals surface area contributed by atoms with Gasteiger partial charge in [-0.05, 0) is 35.1 Å². The number of aromatic nitrogens is 1. The summed E-state index contributed by atoms with van der Waals surface area (Å²) in [6.45, 7) is 8.30. The van der Waals surface area contributed by atoms with Crippen LogP contribution in [0, 0.1) is 0 Å². The van der Waals surface area contributed by atoms with E-state index in [9.17, 15) is 9.59 Å². The highest BCUT2D eigenvalue weighted by atomic mass is 32.1. The molecule has 0 unspecified atom stereocenters. The summed E-state index contributed by atoms with van der Waals surface area (Å²) in [6.07, 6.45) is 1.88. The average Bonchev–Trinajstić information content (AvgIpc) is 3.07. The number of ether oxygens (including phenoxy) is 1. The Labute approximate surface area is 191 Å². The number of hydrogen-bond acceptors (Lipinski definition) is 5. The smallest absolute Gasteiger partial charge is 0.338 e. The van der Waals surface area contributed by atoms with Gasteiger partial charge in [-0.2, -0.15) is 0 Å². The summed E-state index contributed by atoms with van der Waals surface area (Å²) in [6, 6.07) is 17.2. The van der Waals surface area contributed by atoms with Crippen molar-refractivity contribution >= 4 is 23.4 Å². The SMILES string of the molecule is COC(=O)C1=C(C)N=c2s/c(=C\c3ccc(C(C)(C)C)cc3)c(=O)n2[C@@H]1c1ccccc1. The summed E-state index contributed by atoms with van der Waals surface area (Å²) < 4.78 is 7.21. The molecule has 0 spiro atoms. The molecule has 6 heteroatoms. The first kappa shape index (κ1) is 22.0. The van der Waals surface area contributed by atoms with Crippen LogP contribution in [-0.2, 0) is 14.9 Å². The number of carbonyl (C=O) groups is 1. The van der Waals surface area contributed by atoms with Gasteiger partial charge in [0.25, 0.3) is 5.56 Å². The van der Waals surface area contributed by atoms with E-state index in [2.05, 4.69) is 37.9 Å². The van der Waals surface area contributed by atoms with Gasteiger partial charge >= 0.3 is 5.97 Å². The first-order valence-corrected chi connectivity index (χ1v) is 11.3. The summed E-state index contributed by atoms with van der Waals surface area (Å²) in [5.41, 5.74) is 3.86. The van der Waals surface area contributed by atoms with Crippen molar-refractivity contribution in [3.63, 3.8) is 0 Å². The lowest BCUT2D eigenvalue weighted by Gasteiger charge is -2.24. The third kappa shape index (κ3) is 3.98. The van der Waals surface area contributed by atoms with Crippen molar-refractivity contribution in [1.29, 1.82) is 0 Å². The molecular weight excluding hydrogens is 420 g/mol. The summed E-state index contributed by atoms with van der Waals surface area (Å²) in [5.74, 6) is -0.479. The predicted octanol–water partition coefficient (Wildman–Crippen LogP) is 3.71. The van der Waals surface area contributed by atoms with Crippen LogP contribution < -0.4 is 14.9 Å². The molecule has 0 bridgehead atoms. The van der Waals surface area contributed by atoms with Crippen LogP contribution in [-0.4, -0.2) is 17.6 Å². The number of esters is 1. The maximum Gasteiger partial charge on any atom is 0.338 e. The zero-order valence-electron chi connectivity index (χ0n) is 18.9. The molecule has 2 aromatic carbocycles. The zero-order valence-corrected chi connectivity index (χ0v) is 19.7. The van der Waals surface area contributed by atoms with Crippen molar-refractivity contribution in [1.82, 2.24) is 4.57 Å². The summed E-state index contributed by atoms with van der Waals surface area (Å²) in [4.78, 5) is 31.3. The summed E-state index contributed by atoms with van der Waals surface area (Å²) in [7, 11) is 1.34. The summed E-state index contributed by atoms with van der Waals surface area (Å²) >= 11 is 1.33. The molecule has 0 aliphatic carbocycles. The second-order valence-corrected chi connectivity index (χ2v) is 9.87. The Bertz CT molecular complexity index is 1370. The fraction of sp³-hybridized carbons (Fsp3) is 0.269. The van der Waals surface area contributed by atoms with Crippen LogP contribution in [0.5, 0.6) is 0 Å². The van der Waals surface area contributed by atoms with Crippen LogP contribution >= 0.6 is 11.3 Å². The Balaban J connectivity index is 1.89. The van der Waals surface area contributed by atoms with Crippen molar-refractivity contribution in [3.8, 4) is 0 Å². The molecule has 0 radical (unpaired) electrons. The van der Waals surface area contributed by atoms with Gasteiger partial charge < -0.3 is 4.74 Å². The molecule has 32 heavy (non-hydrogen) atoms. The van der Waals surface area contributed by atoms with E-state index in [0.29, 0.717) is 20.6 Å². The van der Waals surface area contributed by atoms with Crippen LogP contribution in [0.4, 0.5) is 0 Å². The van der Waals surface area contributed by atoms with Gasteiger partial charge in [0.15, 0.2) is 4.80 Å². The Morgan fingerprint density at radius 1 is 1.09 bits per heavy atom. The minimum absolute atomic E-state index is 0.0648. The maximum absolute atomic E-state index is 13.5. The van der Waals surface area contributed by atoms with Gasteiger partial charge in [-0.3, -0.25) is 9.36 Å². The fourth-order valence-electron chi connectivity index (χ4n) is 3.87. The van der Waals surface area contributed by atoms with Crippen LogP contribution in [0.1, 0.15) is 50.4 Å². The van der Waals surface area contributed by atoms with Gasteiger partial charge in [0, 0.05) is 0 Å².